The average Bonchev–Trinajstić information content (AvgIpc) is 3.74. The van der Waals surface area contributed by atoms with Crippen LogP contribution in [0.15, 0.2) is 95.7 Å². The largest absolute Gasteiger partial charge is 0.455 e. The summed E-state index contributed by atoms with van der Waals surface area (Å²) < 4.78 is 82.2. The van der Waals surface area contributed by atoms with E-state index in [-0.39, 0.29) is 28.3 Å². The summed E-state index contributed by atoms with van der Waals surface area (Å²) in [6, 6.07) is 17.5. The van der Waals surface area contributed by atoms with Crippen molar-refractivity contribution in [2.45, 2.75) is 57.0 Å². The number of pyridine rings is 1. The number of ether oxygens (including phenoxy) is 2. The smallest absolute Gasteiger partial charge is 0.416 e. The number of hydrogen-bond donors (Lipinski definition) is 3. The Balaban J connectivity index is 1.01. The Morgan fingerprint density at radius 2 is 1.81 bits per heavy atom. The quantitative estimate of drug-likeness (QED) is 0.0761. The third kappa shape index (κ3) is 10.3. The molecule has 2 saturated heterocycles. The molecular formula is C46H50F3N7O7S. The summed E-state index contributed by atoms with van der Waals surface area (Å²) in [5, 5.41) is 15.9. The third-order valence-electron chi connectivity index (χ3n) is 12.3. The van der Waals surface area contributed by atoms with Crippen molar-refractivity contribution < 1.29 is 40.8 Å². The average molecular weight is 902 g/mol. The molecule has 5 aromatic rings. The van der Waals surface area contributed by atoms with E-state index in [9.17, 15) is 36.5 Å². The number of hydrogen-bond acceptors (Lipinski definition) is 11. The summed E-state index contributed by atoms with van der Waals surface area (Å²) in [4.78, 5) is 36.7. The van der Waals surface area contributed by atoms with Gasteiger partial charge in [0.1, 0.15) is 22.8 Å². The fraction of sp³-hybridized carbons (Fsp3) is 0.391. The van der Waals surface area contributed by atoms with Gasteiger partial charge in [0.2, 0.25) is 0 Å². The molecule has 1 amide bonds. The maximum absolute atomic E-state index is 13.9. The van der Waals surface area contributed by atoms with E-state index in [2.05, 4.69) is 43.7 Å². The molecule has 64 heavy (non-hydrogen) atoms. The van der Waals surface area contributed by atoms with Gasteiger partial charge in [-0.15, -0.1) is 0 Å². The fourth-order valence-corrected chi connectivity index (χ4v) is 9.62. The van der Waals surface area contributed by atoms with Gasteiger partial charge in [-0.05, 0) is 103 Å². The minimum Gasteiger partial charge on any atom is -0.455 e. The number of aromatic nitrogens is 2. The number of benzene rings is 3. The first-order valence-electron chi connectivity index (χ1n) is 21.3. The van der Waals surface area contributed by atoms with Crippen LogP contribution in [-0.4, -0.2) is 86.6 Å². The molecule has 18 heteroatoms. The lowest BCUT2D eigenvalue weighted by Gasteiger charge is -2.39. The number of nitrogens with zero attached hydrogens (tertiary/aromatic N) is 4. The van der Waals surface area contributed by atoms with Crippen LogP contribution in [0.4, 0.5) is 30.2 Å². The second-order valence-electron chi connectivity index (χ2n) is 17.4. The van der Waals surface area contributed by atoms with Crippen molar-refractivity contribution >= 4 is 49.6 Å². The van der Waals surface area contributed by atoms with Crippen molar-refractivity contribution in [2.75, 3.05) is 62.7 Å². The predicted molar refractivity (Wildman–Crippen MR) is 237 cm³/mol. The van der Waals surface area contributed by atoms with Crippen molar-refractivity contribution in [1.82, 2.24) is 19.6 Å². The lowest BCUT2D eigenvalue weighted by molar-refractivity contribution is -0.384. The zero-order valence-corrected chi connectivity index (χ0v) is 36.4. The van der Waals surface area contributed by atoms with E-state index in [0.717, 1.165) is 54.3 Å². The molecule has 2 aromatic heterocycles. The van der Waals surface area contributed by atoms with E-state index in [0.29, 0.717) is 81.6 Å². The monoisotopic (exact) mass is 901 g/mol. The van der Waals surface area contributed by atoms with Gasteiger partial charge in [-0.25, -0.2) is 18.1 Å². The van der Waals surface area contributed by atoms with Crippen molar-refractivity contribution in [3.63, 3.8) is 0 Å². The number of alkyl halides is 3. The zero-order valence-electron chi connectivity index (χ0n) is 35.5. The van der Waals surface area contributed by atoms with E-state index < -0.39 is 43.2 Å². The molecule has 3 aliphatic rings. The Bertz CT molecular complexity index is 2690. The molecule has 4 heterocycles. The van der Waals surface area contributed by atoms with Crippen molar-refractivity contribution in [1.29, 1.82) is 0 Å². The van der Waals surface area contributed by atoms with Crippen LogP contribution in [-0.2, 0) is 20.9 Å². The lowest BCUT2D eigenvalue weighted by atomic mass is 9.72. The lowest BCUT2D eigenvalue weighted by Crippen LogP contribution is -2.47. The minimum atomic E-state index is -4.60. The number of sulfonamides is 1. The number of nitrogens with one attached hydrogen (secondary N) is 3. The van der Waals surface area contributed by atoms with Crippen molar-refractivity contribution in [2.24, 2.45) is 11.3 Å². The van der Waals surface area contributed by atoms with E-state index in [1.807, 2.05) is 6.07 Å². The van der Waals surface area contributed by atoms with Crippen LogP contribution >= 0.6 is 0 Å². The maximum Gasteiger partial charge on any atom is 0.416 e. The molecule has 0 spiro atoms. The number of aromatic amines is 1. The highest BCUT2D eigenvalue weighted by atomic mass is 32.2. The Labute approximate surface area is 369 Å². The summed E-state index contributed by atoms with van der Waals surface area (Å²) in [5.74, 6) is -0.402. The van der Waals surface area contributed by atoms with Gasteiger partial charge in [0.05, 0.1) is 27.1 Å². The van der Waals surface area contributed by atoms with Gasteiger partial charge in [0.15, 0.2) is 0 Å². The summed E-state index contributed by atoms with van der Waals surface area (Å²) in [7, 11) is -4.60. The normalized spacial score (nSPS) is 17.7. The highest BCUT2D eigenvalue weighted by Gasteiger charge is 2.34. The molecule has 0 radical (unpaired) electrons. The summed E-state index contributed by atoms with van der Waals surface area (Å²) in [6.45, 7) is 9.09. The summed E-state index contributed by atoms with van der Waals surface area (Å²) in [6.07, 6.45) is 2.78. The highest BCUT2D eigenvalue weighted by molar-refractivity contribution is 7.90. The van der Waals surface area contributed by atoms with Gasteiger partial charge in [-0.2, -0.15) is 13.2 Å². The summed E-state index contributed by atoms with van der Waals surface area (Å²) in [5.41, 5.74) is 2.99. The van der Waals surface area contributed by atoms with Crippen LogP contribution in [0.3, 0.4) is 0 Å². The highest BCUT2D eigenvalue weighted by Crippen LogP contribution is 2.44. The molecule has 0 bridgehead atoms. The van der Waals surface area contributed by atoms with Crippen molar-refractivity contribution in [3.8, 4) is 11.5 Å². The second-order valence-corrected chi connectivity index (χ2v) is 19.1. The molecule has 2 aliphatic heterocycles. The van der Waals surface area contributed by atoms with Crippen molar-refractivity contribution in [3.05, 3.63) is 118 Å². The Morgan fingerprint density at radius 3 is 2.56 bits per heavy atom. The fourth-order valence-electron chi connectivity index (χ4n) is 8.63. The van der Waals surface area contributed by atoms with Gasteiger partial charge in [-0.3, -0.25) is 19.8 Å². The first kappa shape index (κ1) is 44.6. The minimum absolute atomic E-state index is 0.0448. The van der Waals surface area contributed by atoms with Crippen LogP contribution < -0.4 is 19.7 Å². The summed E-state index contributed by atoms with van der Waals surface area (Å²) >= 11 is 0. The number of carbonyl (C=O) groups is 1. The van der Waals surface area contributed by atoms with E-state index in [1.54, 1.807) is 30.5 Å². The molecular weight excluding hydrogens is 852 g/mol. The van der Waals surface area contributed by atoms with Crippen LogP contribution in [0.1, 0.15) is 67.4 Å². The second kappa shape index (κ2) is 18.3. The van der Waals surface area contributed by atoms with Crippen LogP contribution in [0, 0.1) is 21.4 Å². The first-order valence-corrected chi connectivity index (χ1v) is 22.8. The number of allylic oxidation sites excluding steroid dienone is 1. The molecule has 8 rings (SSSR count). The SMILES string of the molecule is CC1(C)CCC(CN2CCN(c3ccc(C(=O)NS(=O)(=O)c4ccc(NCC5CCOCC5)c([N+](=O)[O-])c4)c(Oc4cnc5[nH]ccc5c4)c3)CC2)=C(c2cccc(C(F)(F)F)c2)C1. The predicted octanol–water partition coefficient (Wildman–Crippen LogP) is 9.03. The Kier molecular flexibility index (Phi) is 12.7. The number of H-pyrrole nitrogens is 1. The molecule has 2 fully saturated rings. The third-order valence-corrected chi connectivity index (χ3v) is 13.6. The Hall–Kier alpha value is -5.98. The number of fused-ring (bicyclic) bond motifs is 1. The zero-order chi connectivity index (χ0) is 45.2. The number of amides is 1. The maximum atomic E-state index is 13.9. The van der Waals surface area contributed by atoms with Crippen LogP contribution in [0.2, 0.25) is 0 Å². The van der Waals surface area contributed by atoms with Gasteiger partial charge >= 0.3 is 6.18 Å². The molecule has 0 unspecified atom stereocenters. The number of carbonyl (C=O) groups excluding carboxylic acids is 1. The van der Waals surface area contributed by atoms with Crippen LogP contribution in [0.5, 0.6) is 11.5 Å². The molecule has 3 N–H and O–H groups in total. The number of piperazine rings is 1. The first-order chi connectivity index (χ1) is 30.5. The molecule has 338 valence electrons. The van der Waals surface area contributed by atoms with E-state index in [1.165, 1.54) is 36.5 Å². The van der Waals surface area contributed by atoms with Gasteiger partial charge < -0.3 is 24.7 Å². The van der Waals surface area contributed by atoms with E-state index in [4.69, 9.17) is 9.47 Å². The van der Waals surface area contributed by atoms with Gasteiger partial charge in [0, 0.05) is 81.9 Å². The van der Waals surface area contributed by atoms with Gasteiger partial charge in [-0.1, -0.05) is 31.6 Å². The van der Waals surface area contributed by atoms with Crippen LogP contribution in [0.25, 0.3) is 16.6 Å². The molecule has 3 aromatic carbocycles. The number of rotatable bonds is 13. The standard InChI is InChI=1S/C46H50F3N7O7S/c1-45(2)14-10-33(39(26-45)31-4-3-5-34(22-31)46(47,48)49)29-54-16-18-55(19-17-54)35-6-8-38(42(24-35)63-36-23-32-11-15-50-43(32)52-28-36)44(57)53-64(60,61)37-7-9-40(41(25-37)56(58)59)51-27-30-12-20-62-21-13-30/h3-9,11,15,22-25,28,30,51H,10,12-14,16-21,26-27,29H2,1-2H3,(H,50,52)(H,53,57). The Morgan fingerprint density at radius 1 is 1.03 bits per heavy atom. The van der Waals surface area contributed by atoms with E-state index >= 15 is 0 Å². The topological polar surface area (TPSA) is 172 Å². The number of halogens is 3. The number of nitro groups is 1. The molecule has 14 nitrogen and oxygen atoms in total. The molecule has 0 atom stereocenters. The molecule has 1 aliphatic carbocycles. The van der Waals surface area contributed by atoms with Gasteiger partial charge in [0.25, 0.3) is 21.6 Å². The number of anilines is 2. The number of nitro benzene ring substituents is 1. The molecule has 0 saturated carbocycles.